The molecule has 0 fully saturated rings. The van der Waals surface area contributed by atoms with Crippen LogP contribution in [0.3, 0.4) is 0 Å². The predicted octanol–water partition coefficient (Wildman–Crippen LogP) is 0.255. The van der Waals surface area contributed by atoms with E-state index in [1.807, 2.05) is 0 Å². The minimum Gasteiger partial charge on any atom is -0.400 e. The Labute approximate surface area is 102 Å². The van der Waals surface area contributed by atoms with Gasteiger partial charge in [-0.15, -0.1) is 0 Å². The van der Waals surface area contributed by atoms with Crippen molar-refractivity contribution in [1.29, 1.82) is 0 Å². The van der Waals surface area contributed by atoms with E-state index in [0.717, 1.165) is 12.5 Å². The Morgan fingerprint density at radius 2 is 1.62 bits per heavy atom. The first-order chi connectivity index (χ1) is 7.45. The molecular weight excluding hydrogens is 242 g/mol. The topological polar surface area (TPSA) is 62.9 Å². The summed E-state index contributed by atoms with van der Waals surface area (Å²) in [5.41, 5.74) is 5.85. The Balaban J connectivity index is 3.88. The minimum atomic E-state index is -2.79. The van der Waals surface area contributed by atoms with E-state index in [1.54, 1.807) is 21.3 Å². The van der Waals surface area contributed by atoms with Crippen LogP contribution in [0.1, 0.15) is 20.3 Å². The highest BCUT2D eigenvalue weighted by atomic mass is 28.4. The van der Waals surface area contributed by atoms with Crippen LogP contribution in [0.15, 0.2) is 0 Å². The maximum Gasteiger partial charge on any atom is 0.667 e. The van der Waals surface area contributed by atoms with Crippen molar-refractivity contribution in [2.24, 2.45) is 11.1 Å². The molecular formula is C9H25NO4Si2. The minimum absolute atomic E-state index is 0.188. The van der Waals surface area contributed by atoms with Crippen LogP contribution in [0.2, 0.25) is 6.04 Å². The average Bonchev–Trinajstić information content (AvgIpc) is 2.30. The van der Waals surface area contributed by atoms with E-state index < -0.39 is 18.8 Å². The van der Waals surface area contributed by atoms with Gasteiger partial charge in [-0.3, -0.25) is 0 Å². The summed E-state index contributed by atoms with van der Waals surface area (Å²) in [6, 6.07) is 1.05. The van der Waals surface area contributed by atoms with Gasteiger partial charge in [0.15, 0.2) is 9.76 Å². The molecule has 0 atom stereocenters. The molecule has 0 aromatic heterocycles. The van der Waals surface area contributed by atoms with Crippen molar-refractivity contribution in [3.05, 3.63) is 0 Å². The average molecular weight is 267 g/mol. The lowest BCUT2D eigenvalue weighted by Crippen LogP contribution is -2.47. The fourth-order valence-corrected chi connectivity index (χ4v) is 5.87. The van der Waals surface area contributed by atoms with Crippen molar-refractivity contribution >= 4 is 18.8 Å². The summed E-state index contributed by atoms with van der Waals surface area (Å²) in [6.07, 6.45) is 1.07. The number of hydrogen-bond acceptors (Lipinski definition) is 5. The largest absolute Gasteiger partial charge is 0.667 e. The predicted molar refractivity (Wildman–Crippen MR) is 68.7 cm³/mol. The van der Waals surface area contributed by atoms with Crippen molar-refractivity contribution < 1.29 is 17.4 Å². The van der Waals surface area contributed by atoms with E-state index in [-0.39, 0.29) is 5.41 Å². The van der Waals surface area contributed by atoms with Gasteiger partial charge >= 0.3 is 9.05 Å². The van der Waals surface area contributed by atoms with Crippen molar-refractivity contribution in [1.82, 2.24) is 0 Å². The first kappa shape index (κ1) is 16.2. The third-order valence-corrected chi connectivity index (χ3v) is 6.95. The maximum absolute atomic E-state index is 5.69. The van der Waals surface area contributed by atoms with Crippen LogP contribution < -0.4 is 5.73 Å². The molecule has 0 aromatic carbocycles. The first-order valence-electron chi connectivity index (χ1n) is 5.45. The molecule has 5 nitrogen and oxygen atoms in total. The third-order valence-electron chi connectivity index (χ3n) is 2.58. The first-order valence-corrected chi connectivity index (χ1v) is 8.66. The van der Waals surface area contributed by atoms with Gasteiger partial charge in [0.2, 0.25) is 0 Å². The zero-order valence-corrected chi connectivity index (χ0v) is 13.5. The van der Waals surface area contributed by atoms with Crippen molar-refractivity contribution in [2.45, 2.75) is 26.3 Å². The Kier molecular flexibility index (Phi) is 7.65. The van der Waals surface area contributed by atoms with Gasteiger partial charge in [0.1, 0.15) is 0 Å². The van der Waals surface area contributed by atoms with Crippen molar-refractivity contribution in [2.75, 3.05) is 27.9 Å². The monoisotopic (exact) mass is 267 g/mol. The molecule has 0 unspecified atom stereocenters. The highest BCUT2D eigenvalue weighted by Gasteiger charge is 2.41. The lowest BCUT2D eigenvalue weighted by Gasteiger charge is -2.25. The van der Waals surface area contributed by atoms with Crippen molar-refractivity contribution in [3.63, 3.8) is 0 Å². The van der Waals surface area contributed by atoms with Gasteiger partial charge in [-0.1, -0.05) is 13.8 Å². The fourth-order valence-electron chi connectivity index (χ4n) is 1.28. The molecule has 0 aliphatic heterocycles. The van der Waals surface area contributed by atoms with E-state index in [2.05, 4.69) is 13.8 Å². The standard InChI is InChI=1S/C9H25NO4Si2/c1-9(2,8-10)6-7-15-14-16(11-3,12-4)13-5/h6-8,10,15H2,1-5H3. The Morgan fingerprint density at radius 1 is 1.12 bits per heavy atom. The van der Waals surface area contributed by atoms with E-state index in [0.29, 0.717) is 6.54 Å². The highest BCUT2D eigenvalue weighted by molar-refractivity contribution is 6.60. The van der Waals surface area contributed by atoms with Gasteiger partial charge in [-0.05, 0) is 24.4 Å². The normalized spacial score (nSPS) is 13.9. The molecule has 0 radical (unpaired) electrons. The van der Waals surface area contributed by atoms with E-state index in [9.17, 15) is 0 Å². The summed E-state index contributed by atoms with van der Waals surface area (Å²) in [5, 5.41) is 0. The van der Waals surface area contributed by atoms with Crippen LogP contribution in [-0.2, 0) is 17.4 Å². The lowest BCUT2D eigenvalue weighted by molar-refractivity contribution is 0.0521. The summed E-state index contributed by atoms with van der Waals surface area (Å²) in [4.78, 5) is 0. The zero-order chi connectivity index (χ0) is 12.7. The molecule has 2 N–H and O–H groups in total. The second-order valence-electron chi connectivity index (χ2n) is 4.43. The second kappa shape index (κ2) is 7.54. The molecule has 98 valence electrons. The summed E-state index contributed by atoms with van der Waals surface area (Å²) in [6.45, 7) is 5.02. The van der Waals surface area contributed by atoms with Crippen molar-refractivity contribution in [3.8, 4) is 0 Å². The summed E-state index contributed by atoms with van der Waals surface area (Å²) in [5.74, 6) is 0. The summed E-state index contributed by atoms with van der Waals surface area (Å²) < 4.78 is 21.2. The summed E-state index contributed by atoms with van der Waals surface area (Å²) >= 11 is 0. The molecule has 0 amide bonds. The van der Waals surface area contributed by atoms with Gasteiger partial charge < -0.3 is 23.1 Å². The molecule has 7 heteroatoms. The van der Waals surface area contributed by atoms with Gasteiger partial charge in [0.05, 0.1) is 0 Å². The molecule has 0 bridgehead atoms. The van der Waals surface area contributed by atoms with E-state index in [1.165, 1.54) is 0 Å². The van der Waals surface area contributed by atoms with Crippen LogP contribution in [0.5, 0.6) is 0 Å². The molecule has 0 aromatic rings. The fraction of sp³-hybridized carbons (Fsp3) is 1.00. The maximum atomic E-state index is 5.69. The molecule has 0 aliphatic carbocycles. The smallest absolute Gasteiger partial charge is 0.400 e. The van der Waals surface area contributed by atoms with Gasteiger partial charge in [-0.25, -0.2) is 0 Å². The Morgan fingerprint density at radius 3 is 2.00 bits per heavy atom. The SMILES string of the molecule is CO[Si](OC)(OC)O[SiH2]CCC(C)(C)CN. The van der Waals surface area contributed by atoms with Crippen LogP contribution in [0.4, 0.5) is 0 Å². The van der Waals surface area contributed by atoms with Crippen LogP contribution in [-0.4, -0.2) is 46.7 Å². The number of nitrogens with two attached hydrogens (primary N) is 1. The van der Waals surface area contributed by atoms with E-state index >= 15 is 0 Å². The zero-order valence-electron chi connectivity index (χ0n) is 11.0. The van der Waals surface area contributed by atoms with Gasteiger partial charge in [-0.2, -0.15) is 0 Å². The Bertz CT molecular complexity index is 180. The molecule has 0 rings (SSSR count). The van der Waals surface area contributed by atoms with E-state index in [4.69, 9.17) is 23.1 Å². The number of hydrogen-bond donors (Lipinski definition) is 1. The third kappa shape index (κ3) is 5.53. The van der Waals surface area contributed by atoms with Gasteiger partial charge in [0.25, 0.3) is 0 Å². The van der Waals surface area contributed by atoms with Crippen LogP contribution in [0.25, 0.3) is 0 Å². The molecule has 0 saturated heterocycles. The molecule has 0 spiro atoms. The molecule has 16 heavy (non-hydrogen) atoms. The molecule has 0 saturated carbocycles. The lowest BCUT2D eigenvalue weighted by atomic mass is 9.91. The molecule has 0 aliphatic rings. The second-order valence-corrected chi connectivity index (χ2v) is 8.93. The van der Waals surface area contributed by atoms with Gasteiger partial charge in [0, 0.05) is 21.3 Å². The van der Waals surface area contributed by atoms with Crippen LogP contribution in [0, 0.1) is 5.41 Å². The number of rotatable bonds is 9. The Hall–Kier alpha value is 0.234. The summed E-state index contributed by atoms with van der Waals surface area (Å²) in [7, 11) is 1.18. The quantitative estimate of drug-likeness (QED) is 0.479. The van der Waals surface area contributed by atoms with Crippen LogP contribution >= 0.6 is 0 Å². The highest BCUT2D eigenvalue weighted by Crippen LogP contribution is 2.20. The molecule has 0 heterocycles.